The van der Waals surface area contributed by atoms with Gasteiger partial charge >= 0.3 is 0 Å². The Labute approximate surface area is 130 Å². The molecule has 0 radical (unpaired) electrons. The normalized spacial score (nSPS) is 11.4. The maximum absolute atomic E-state index is 13.4. The predicted molar refractivity (Wildman–Crippen MR) is 86.3 cm³/mol. The van der Waals surface area contributed by atoms with Crippen LogP contribution >= 0.6 is 0 Å². The van der Waals surface area contributed by atoms with Crippen LogP contribution in [0.2, 0.25) is 0 Å². The van der Waals surface area contributed by atoms with Crippen molar-refractivity contribution in [1.29, 1.82) is 0 Å². The molecule has 0 aliphatic rings. The van der Waals surface area contributed by atoms with E-state index in [0.717, 1.165) is 5.56 Å². The maximum Gasteiger partial charge on any atom is 0.145 e. The van der Waals surface area contributed by atoms with Crippen LogP contribution < -0.4 is 10.5 Å². The largest absolute Gasteiger partial charge is 0.494 e. The minimum atomic E-state index is -0.832. The Bertz CT molecular complexity index is 618. The van der Waals surface area contributed by atoms with Gasteiger partial charge in [-0.15, -0.1) is 0 Å². The van der Waals surface area contributed by atoms with E-state index in [4.69, 9.17) is 10.5 Å². The van der Waals surface area contributed by atoms with Gasteiger partial charge in [-0.05, 0) is 42.8 Å². The van der Waals surface area contributed by atoms with Crippen LogP contribution in [0.1, 0.15) is 31.2 Å². The molecule has 2 aromatic rings. The number of nitrogens with two attached hydrogens (primary N) is 1. The molecular formula is C17H23FN2O2. The van der Waals surface area contributed by atoms with Crippen LogP contribution in [-0.2, 0) is 0 Å². The summed E-state index contributed by atoms with van der Waals surface area (Å²) < 4.78 is 18.6. The fraction of sp³-hybridized carbons (Fsp3) is 0.353. The minimum absolute atomic E-state index is 0.0845. The number of hydrogen-bond donors (Lipinski definition) is 2. The van der Waals surface area contributed by atoms with Crippen molar-refractivity contribution >= 4 is 0 Å². The first-order valence-electron chi connectivity index (χ1n) is 7.26. The number of rotatable bonds is 4. The number of nitrogens with zero attached hydrogens (tertiary/aromatic N) is 1. The standard InChI is InChI=1S/C15H17FN2O2.C2H6/c1-9-7-10(3-4-11(9)16)15-14(20-2)6-5-12(18-15)13(19)8-17;1-2/h3-7,13,19H,8,17H2,1-2H3;1-2H3. The number of aromatic nitrogens is 1. The lowest BCUT2D eigenvalue weighted by Crippen LogP contribution is -2.13. The fourth-order valence-corrected chi connectivity index (χ4v) is 1.93. The average molecular weight is 306 g/mol. The molecule has 0 bridgehead atoms. The number of halogens is 1. The van der Waals surface area contributed by atoms with Crippen LogP contribution in [-0.4, -0.2) is 23.7 Å². The molecular weight excluding hydrogens is 283 g/mol. The fourth-order valence-electron chi connectivity index (χ4n) is 1.93. The second-order valence-electron chi connectivity index (χ2n) is 4.50. The lowest BCUT2D eigenvalue weighted by atomic mass is 10.1. The van der Waals surface area contributed by atoms with E-state index in [1.165, 1.54) is 13.2 Å². The Kier molecular flexibility index (Phi) is 6.95. The Balaban J connectivity index is 0.00000116. The third-order valence-electron chi connectivity index (χ3n) is 3.10. The Morgan fingerprint density at radius 2 is 1.95 bits per heavy atom. The minimum Gasteiger partial charge on any atom is -0.494 e. The van der Waals surface area contributed by atoms with Crippen molar-refractivity contribution in [2.24, 2.45) is 5.73 Å². The van der Waals surface area contributed by atoms with Crippen molar-refractivity contribution in [3.63, 3.8) is 0 Å². The number of aliphatic hydroxyl groups is 1. The summed E-state index contributed by atoms with van der Waals surface area (Å²) in [4.78, 5) is 4.38. The van der Waals surface area contributed by atoms with Crippen LogP contribution in [0, 0.1) is 12.7 Å². The Morgan fingerprint density at radius 1 is 1.27 bits per heavy atom. The summed E-state index contributed by atoms with van der Waals surface area (Å²) in [6, 6.07) is 8.09. The van der Waals surface area contributed by atoms with Crippen LogP contribution in [0.5, 0.6) is 5.75 Å². The summed E-state index contributed by atoms with van der Waals surface area (Å²) in [5, 5.41) is 9.77. The summed E-state index contributed by atoms with van der Waals surface area (Å²) in [5.74, 6) is 0.287. The van der Waals surface area contributed by atoms with E-state index < -0.39 is 6.10 Å². The van der Waals surface area contributed by atoms with E-state index in [1.54, 1.807) is 31.2 Å². The van der Waals surface area contributed by atoms with Gasteiger partial charge in [0.25, 0.3) is 0 Å². The Morgan fingerprint density at radius 3 is 2.50 bits per heavy atom. The molecule has 0 fully saturated rings. The highest BCUT2D eigenvalue weighted by Crippen LogP contribution is 2.30. The van der Waals surface area contributed by atoms with Crippen molar-refractivity contribution in [3.05, 3.63) is 47.4 Å². The molecule has 4 nitrogen and oxygen atoms in total. The number of benzene rings is 1. The van der Waals surface area contributed by atoms with Crippen molar-refractivity contribution in [3.8, 4) is 17.0 Å². The molecule has 2 rings (SSSR count). The number of aliphatic hydroxyl groups excluding tert-OH is 1. The maximum atomic E-state index is 13.4. The number of aryl methyl sites for hydroxylation is 1. The molecule has 0 saturated heterocycles. The average Bonchev–Trinajstić information content (AvgIpc) is 2.57. The van der Waals surface area contributed by atoms with Gasteiger partial charge in [0.2, 0.25) is 0 Å². The van der Waals surface area contributed by atoms with Gasteiger partial charge in [0.1, 0.15) is 23.4 Å². The predicted octanol–water partition coefficient (Wildman–Crippen LogP) is 3.22. The number of ether oxygens (including phenoxy) is 1. The lowest BCUT2D eigenvalue weighted by Gasteiger charge is -2.13. The van der Waals surface area contributed by atoms with Gasteiger partial charge in [0.15, 0.2) is 0 Å². The Hall–Kier alpha value is -1.98. The number of methoxy groups -OCH3 is 1. The van der Waals surface area contributed by atoms with Crippen LogP contribution in [0.25, 0.3) is 11.3 Å². The van der Waals surface area contributed by atoms with Gasteiger partial charge in [-0.25, -0.2) is 9.37 Å². The van der Waals surface area contributed by atoms with Crippen LogP contribution in [0.4, 0.5) is 4.39 Å². The molecule has 1 aromatic carbocycles. The summed E-state index contributed by atoms with van der Waals surface area (Å²) in [7, 11) is 1.54. The van der Waals surface area contributed by atoms with Crippen molar-refractivity contribution in [2.45, 2.75) is 26.9 Å². The van der Waals surface area contributed by atoms with E-state index >= 15 is 0 Å². The van der Waals surface area contributed by atoms with E-state index in [2.05, 4.69) is 4.98 Å². The third kappa shape index (κ3) is 4.02. The van der Waals surface area contributed by atoms with Gasteiger partial charge in [-0.2, -0.15) is 0 Å². The number of pyridine rings is 1. The molecule has 0 spiro atoms. The van der Waals surface area contributed by atoms with Gasteiger partial charge < -0.3 is 15.6 Å². The first-order chi connectivity index (χ1) is 10.6. The van der Waals surface area contributed by atoms with Gasteiger partial charge in [0, 0.05) is 12.1 Å². The second kappa shape index (κ2) is 8.46. The molecule has 0 saturated carbocycles. The zero-order chi connectivity index (χ0) is 16.7. The van der Waals surface area contributed by atoms with Gasteiger partial charge in [0.05, 0.1) is 12.8 Å². The molecule has 120 valence electrons. The van der Waals surface area contributed by atoms with E-state index in [-0.39, 0.29) is 12.4 Å². The van der Waals surface area contributed by atoms with Gasteiger partial charge in [-0.3, -0.25) is 0 Å². The molecule has 0 aliphatic heterocycles. The van der Waals surface area contributed by atoms with Crippen molar-refractivity contribution in [2.75, 3.05) is 13.7 Å². The molecule has 22 heavy (non-hydrogen) atoms. The zero-order valence-electron chi connectivity index (χ0n) is 13.4. The summed E-state index contributed by atoms with van der Waals surface area (Å²) >= 11 is 0. The molecule has 0 amide bonds. The van der Waals surface area contributed by atoms with Gasteiger partial charge in [-0.1, -0.05) is 13.8 Å². The SMILES string of the molecule is CC.COc1ccc(C(O)CN)nc1-c1ccc(F)c(C)c1. The molecule has 1 unspecified atom stereocenters. The van der Waals surface area contributed by atoms with Crippen LogP contribution in [0.3, 0.4) is 0 Å². The summed E-state index contributed by atoms with van der Waals surface area (Å²) in [6.07, 6.45) is -0.832. The molecule has 1 atom stereocenters. The smallest absolute Gasteiger partial charge is 0.145 e. The zero-order valence-corrected chi connectivity index (χ0v) is 13.4. The molecule has 3 N–H and O–H groups in total. The molecule has 5 heteroatoms. The first kappa shape index (κ1) is 18.1. The molecule has 1 aromatic heterocycles. The monoisotopic (exact) mass is 306 g/mol. The summed E-state index contributed by atoms with van der Waals surface area (Å²) in [6.45, 7) is 5.77. The highest BCUT2D eigenvalue weighted by Gasteiger charge is 2.14. The lowest BCUT2D eigenvalue weighted by molar-refractivity contribution is 0.182. The topological polar surface area (TPSA) is 68.4 Å². The first-order valence-corrected chi connectivity index (χ1v) is 7.26. The highest BCUT2D eigenvalue weighted by molar-refractivity contribution is 5.67. The van der Waals surface area contributed by atoms with E-state index in [1.807, 2.05) is 13.8 Å². The number of hydrogen-bond acceptors (Lipinski definition) is 4. The van der Waals surface area contributed by atoms with E-state index in [9.17, 15) is 9.50 Å². The van der Waals surface area contributed by atoms with Crippen LogP contribution in [0.15, 0.2) is 30.3 Å². The quantitative estimate of drug-likeness (QED) is 0.910. The van der Waals surface area contributed by atoms with Crippen molar-refractivity contribution in [1.82, 2.24) is 4.98 Å². The summed E-state index contributed by atoms with van der Waals surface area (Å²) in [5.41, 5.74) is 7.71. The molecule has 1 heterocycles. The molecule has 0 aliphatic carbocycles. The second-order valence-corrected chi connectivity index (χ2v) is 4.50. The van der Waals surface area contributed by atoms with Crippen molar-refractivity contribution < 1.29 is 14.2 Å². The van der Waals surface area contributed by atoms with E-state index in [0.29, 0.717) is 22.7 Å². The highest BCUT2D eigenvalue weighted by atomic mass is 19.1. The third-order valence-corrected chi connectivity index (χ3v) is 3.10.